The fourth-order valence-electron chi connectivity index (χ4n) is 3.30. The molecule has 4 heterocycles. The number of pyridine rings is 3. The topological polar surface area (TPSA) is 132 Å². The number of fused-ring (bicyclic) bond motifs is 1. The van der Waals surface area contributed by atoms with Gasteiger partial charge in [0.05, 0.1) is 37.0 Å². The first-order chi connectivity index (χ1) is 16.3. The zero-order valence-corrected chi connectivity index (χ0v) is 19.2. The van der Waals surface area contributed by atoms with Crippen molar-refractivity contribution in [2.45, 2.75) is 30.6 Å². The van der Waals surface area contributed by atoms with Gasteiger partial charge in [-0.15, -0.1) is 0 Å². The van der Waals surface area contributed by atoms with Crippen LogP contribution in [-0.4, -0.2) is 54.0 Å². The molecule has 3 aromatic rings. The van der Waals surface area contributed by atoms with Crippen LogP contribution in [0.4, 0.5) is 20.3 Å². The third kappa shape index (κ3) is 5.22. The fourth-order valence-corrected chi connectivity index (χ4v) is 4.85. The number of methoxy groups -OCH3 is 1. The lowest BCUT2D eigenvalue weighted by molar-refractivity contribution is 0.414. The second-order valence-corrected chi connectivity index (χ2v) is 10.2. The first-order valence-corrected chi connectivity index (χ1v) is 12.4. The van der Waals surface area contributed by atoms with Crippen LogP contribution in [0.15, 0.2) is 41.8 Å². The van der Waals surface area contributed by atoms with E-state index in [1.807, 2.05) is 0 Å². The summed E-state index contributed by atoms with van der Waals surface area (Å²) in [6.07, 6.45) is 8.84. The summed E-state index contributed by atoms with van der Waals surface area (Å²) in [6.45, 7) is -1.18. The molecule has 1 fully saturated rings. The van der Waals surface area contributed by atoms with Crippen molar-refractivity contribution in [2.75, 3.05) is 24.9 Å². The highest BCUT2D eigenvalue weighted by molar-refractivity contribution is 7.92. The molecule has 0 aromatic carbocycles. The Bertz CT molecular complexity index is 1330. The molecule has 3 aromatic heterocycles. The van der Waals surface area contributed by atoms with Crippen LogP contribution in [0, 0.1) is 5.95 Å². The van der Waals surface area contributed by atoms with Crippen LogP contribution in [0.3, 0.4) is 0 Å². The Morgan fingerprint density at radius 2 is 1.94 bits per heavy atom. The number of hydrogen-bond acceptors (Lipinski definition) is 9. The largest absolute Gasteiger partial charge is 0.495 e. The van der Waals surface area contributed by atoms with E-state index in [1.54, 1.807) is 18.3 Å². The van der Waals surface area contributed by atoms with Gasteiger partial charge < -0.3 is 15.8 Å². The smallest absolute Gasteiger partial charge is 0.218 e. The predicted octanol–water partition coefficient (Wildman–Crippen LogP) is 3.25. The number of nitrogens with two attached hydrogens (primary N) is 1. The van der Waals surface area contributed by atoms with Gasteiger partial charge in [-0.25, -0.2) is 27.8 Å². The SMILES string of the molecule is C1CC1.COc1cnc2c(Nc3cnc(F)c(C4CS(=O)(=O)C(CF)C(N)=N4)c3)nccc2c1. The van der Waals surface area contributed by atoms with Gasteiger partial charge in [0.25, 0.3) is 0 Å². The van der Waals surface area contributed by atoms with Crippen LogP contribution in [0.1, 0.15) is 30.9 Å². The summed E-state index contributed by atoms with van der Waals surface area (Å²) in [5.41, 5.74) is 6.44. The van der Waals surface area contributed by atoms with Gasteiger partial charge in [0.15, 0.2) is 15.7 Å². The van der Waals surface area contributed by atoms with E-state index in [1.165, 1.54) is 44.8 Å². The summed E-state index contributed by atoms with van der Waals surface area (Å²) < 4.78 is 57.3. The average molecular weight is 491 g/mol. The number of hydrogen-bond donors (Lipinski definition) is 2. The molecule has 0 amide bonds. The number of sulfone groups is 1. The van der Waals surface area contributed by atoms with Crippen LogP contribution >= 0.6 is 0 Å². The van der Waals surface area contributed by atoms with Crippen molar-refractivity contribution in [3.05, 3.63) is 48.3 Å². The molecule has 2 aliphatic rings. The number of amidine groups is 1. The second kappa shape index (κ2) is 9.84. The molecule has 0 saturated heterocycles. The van der Waals surface area contributed by atoms with Crippen molar-refractivity contribution >= 4 is 38.1 Å². The maximum absolute atomic E-state index is 14.4. The number of ether oxygens (including phenoxy) is 1. The van der Waals surface area contributed by atoms with Gasteiger partial charge >= 0.3 is 0 Å². The summed E-state index contributed by atoms with van der Waals surface area (Å²) in [6, 6.07) is 3.79. The molecule has 2 unspecified atom stereocenters. The van der Waals surface area contributed by atoms with Crippen molar-refractivity contribution in [3.8, 4) is 5.75 Å². The highest BCUT2D eigenvalue weighted by Crippen LogP contribution is 2.31. The highest BCUT2D eigenvalue weighted by Gasteiger charge is 2.38. The molecule has 2 atom stereocenters. The minimum atomic E-state index is -3.92. The van der Waals surface area contributed by atoms with E-state index in [2.05, 4.69) is 25.3 Å². The third-order valence-electron chi connectivity index (χ3n) is 5.25. The Morgan fingerprint density at radius 1 is 1.18 bits per heavy atom. The van der Waals surface area contributed by atoms with Crippen LogP contribution in [0.25, 0.3) is 10.9 Å². The number of nitrogens with zero attached hydrogens (tertiary/aromatic N) is 4. The van der Waals surface area contributed by atoms with Crippen LogP contribution < -0.4 is 15.8 Å². The molecule has 34 heavy (non-hydrogen) atoms. The minimum Gasteiger partial charge on any atom is -0.495 e. The molecule has 1 aliphatic carbocycles. The number of rotatable bonds is 5. The minimum absolute atomic E-state index is 0.0799. The van der Waals surface area contributed by atoms with Crippen molar-refractivity contribution in [2.24, 2.45) is 10.7 Å². The number of alkyl halides is 1. The molecule has 3 N–H and O–H groups in total. The number of halogens is 2. The second-order valence-electron chi connectivity index (χ2n) is 7.94. The average Bonchev–Trinajstić information content (AvgIpc) is 3.69. The Balaban J connectivity index is 0.000000846. The van der Waals surface area contributed by atoms with Gasteiger partial charge in [-0.05, 0) is 18.2 Å². The van der Waals surface area contributed by atoms with Crippen molar-refractivity contribution in [3.63, 3.8) is 0 Å². The lowest BCUT2D eigenvalue weighted by atomic mass is 10.1. The summed E-state index contributed by atoms with van der Waals surface area (Å²) in [7, 11) is -2.39. The normalized spacial score (nSPS) is 20.6. The molecule has 12 heteroatoms. The molecule has 0 radical (unpaired) electrons. The molecular weight excluding hydrogens is 466 g/mol. The number of aliphatic imine (C=N–C) groups is 1. The summed E-state index contributed by atoms with van der Waals surface area (Å²) >= 11 is 0. The number of nitrogens with one attached hydrogen (secondary N) is 1. The van der Waals surface area contributed by atoms with E-state index in [0.717, 1.165) is 5.39 Å². The Hall–Kier alpha value is -3.41. The quantitative estimate of drug-likeness (QED) is 0.521. The maximum Gasteiger partial charge on any atom is 0.218 e. The van der Waals surface area contributed by atoms with Crippen molar-refractivity contribution in [1.29, 1.82) is 0 Å². The maximum atomic E-state index is 14.4. The molecule has 9 nitrogen and oxygen atoms in total. The molecule has 0 spiro atoms. The Kier molecular flexibility index (Phi) is 6.87. The number of anilines is 2. The van der Waals surface area contributed by atoms with Crippen molar-refractivity contribution < 1.29 is 21.9 Å². The van der Waals surface area contributed by atoms with Gasteiger partial charge in [-0.2, -0.15) is 4.39 Å². The lowest BCUT2D eigenvalue weighted by Gasteiger charge is -2.24. The van der Waals surface area contributed by atoms with Crippen molar-refractivity contribution in [1.82, 2.24) is 15.0 Å². The van der Waals surface area contributed by atoms with E-state index in [-0.39, 0.29) is 11.4 Å². The predicted molar refractivity (Wildman–Crippen MR) is 125 cm³/mol. The molecule has 1 saturated carbocycles. The molecule has 5 rings (SSSR count). The first-order valence-electron chi connectivity index (χ1n) is 10.6. The monoisotopic (exact) mass is 490 g/mol. The van der Waals surface area contributed by atoms with Gasteiger partial charge in [0.2, 0.25) is 5.95 Å². The highest BCUT2D eigenvalue weighted by atomic mass is 32.2. The molecule has 180 valence electrons. The van der Waals surface area contributed by atoms with Gasteiger partial charge in [-0.1, -0.05) is 19.3 Å². The van der Waals surface area contributed by atoms with E-state index in [4.69, 9.17) is 10.5 Å². The lowest BCUT2D eigenvalue weighted by Crippen LogP contribution is -2.44. The molecular formula is C22H24F2N6O3S. The van der Waals surface area contributed by atoms with E-state index >= 15 is 0 Å². The number of aromatic nitrogens is 3. The van der Waals surface area contributed by atoms with Gasteiger partial charge in [-0.3, -0.25) is 4.99 Å². The molecule has 0 bridgehead atoms. The zero-order valence-electron chi connectivity index (χ0n) is 18.4. The standard InChI is InChI=1S/C19H18F2N6O3S.C3H6/c1-30-12-4-10-2-3-23-19(16(10)24-8-12)26-11-5-13(17(21)25-7-11)14-9-31(28,29)15(6-20)18(22)27-14;1-2-3-1/h2-5,7-8,14-15H,6,9H2,1H3,(H2,22,27)(H,23,26);1-3H2. The van der Waals surface area contributed by atoms with E-state index in [9.17, 15) is 17.2 Å². The van der Waals surface area contributed by atoms with Crippen LogP contribution in [-0.2, 0) is 9.84 Å². The van der Waals surface area contributed by atoms with Crippen LogP contribution in [0.2, 0.25) is 0 Å². The third-order valence-corrected chi connectivity index (χ3v) is 7.26. The Labute approximate surface area is 195 Å². The molecule has 1 aliphatic heterocycles. The Morgan fingerprint density at radius 3 is 2.59 bits per heavy atom. The van der Waals surface area contributed by atoms with E-state index < -0.39 is 39.5 Å². The van der Waals surface area contributed by atoms with Gasteiger partial charge in [0, 0.05) is 17.1 Å². The van der Waals surface area contributed by atoms with Crippen LogP contribution in [0.5, 0.6) is 5.75 Å². The van der Waals surface area contributed by atoms with Gasteiger partial charge in [0.1, 0.15) is 29.0 Å². The zero-order chi connectivity index (χ0) is 24.3. The summed E-state index contributed by atoms with van der Waals surface area (Å²) in [5.74, 6) is -0.884. The fraction of sp³-hybridized carbons (Fsp3) is 0.364. The van der Waals surface area contributed by atoms with E-state index in [0.29, 0.717) is 22.8 Å². The summed E-state index contributed by atoms with van der Waals surface area (Å²) in [4.78, 5) is 16.3. The first kappa shape index (κ1) is 23.7. The summed E-state index contributed by atoms with van der Waals surface area (Å²) in [5, 5.41) is 2.26.